The number of hydrogen-bond acceptors (Lipinski definition) is 7. The van der Waals surface area contributed by atoms with E-state index in [2.05, 4.69) is 10.3 Å². The van der Waals surface area contributed by atoms with Crippen LogP contribution in [-0.2, 0) is 6.18 Å². The van der Waals surface area contributed by atoms with Crippen LogP contribution < -0.4 is 24.6 Å². The zero-order valence-corrected chi connectivity index (χ0v) is 22.2. The molecular formula is C26H24ClF4N5O5. The number of pyridine rings is 1. The molecule has 0 radical (unpaired) electrons. The van der Waals surface area contributed by atoms with Crippen LogP contribution in [0.3, 0.4) is 0 Å². The van der Waals surface area contributed by atoms with Crippen molar-refractivity contribution in [3.8, 4) is 17.4 Å². The fourth-order valence-corrected chi connectivity index (χ4v) is 4.20. The standard InChI is InChI=1S/C26H24ClF4N5O5/c1-32-24(38)41-23-13-18(7-8-33-23)40-17-4-6-22(21(28)12-17)36-15-34(9-2-10-37)14-35(25(36)39)16-3-5-20(27)19(11-16)26(29,30)31/h3-8,11-13,37H,2,9-10,14-15H2,1H3,(H,32,38). The van der Waals surface area contributed by atoms with Gasteiger partial charge in [-0.1, -0.05) is 11.6 Å². The molecule has 0 spiro atoms. The molecule has 218 valence electrons. The van der Waals surface area contributed by atoms with Crippen molar-refractivity contribution in [2.24, 2.45) is 0 Å². The van der Waals surface area contributed by atoms with Gasteiger partial charge in [-0.2, -0.15) is 13.2 Å². The lowest BCUT2D eigenvalue weighted by atomic mass is 10.1. The van der Waals surface area contributed by atoms with E-state index in [0.29, 0.717) is 6.42 Å². The number of urea groups is 1. The molecule has 2 aromatic carbocycles. The molecule has 1 aliphatic heterocycles. The summed E-state index contributed by atoms with van der Waals surface area (Å²) in [6.07, 6.45) is -3.86. The molecule has 0 unspecified atom stereocenters. The molecule has 0 saturated carbocycles. The largest absolute Gasteiger partial charge is 0.457 e. The minimum Gasteiger partial charge on any atom is -0.457 e. The molecule has 0 aliphatic carbocycles. The predicted octanol–water partition coefficient (Wildman–Crippen LogP) is 5.45. The maximum Gasteiger partial charge on any atom is 0.417 e. The quantitative estimate of drug-likeness (QED) is 0.333. The second-order valence-electron chi connectivity index (χ2n) is 8.74. The van der Waals surface area contributed by atoms with E-state index in [0.717, 1.165) is 28.0 Å². The van der Waals surface area contributed by atoms with Crippen molar-refractivity contribution in [3.63, 3.8) is 0 Å². The minimum absolute atomic E-state index is 0.0503. The maximum absolute atomic E-state index is 15.4. The lowest BCUT2D eigenvalue weighted by molar-refractivity contribution is -0.137. The topological polar surface area (TPSA) is 107 Å². The van der Waals surface area contributed by atoms with E-state index in [4.69, 9.17) is 21.1 Å². The first-order valence-electron chi connectivity index (χ1n) is 12.1. The molecule has 1 fully saturated rings. The summed E-state index contributed by atoms with van der Waals surface area (Å²) >= 11 is 5.75. The van der Waals surface area contributed by atoms with E-state index >= 15 is 4.39 Å². The summed E-state index contributed by atoms with van der Waals surface area (Å²) in [5.74, 6) is -0.668. The molecule has 1 aromatic heterocycles. The van der Waals surface area contributed by atoms with Crippen molar-refractivity contribution in [3.05, 3.63) is 71.1 Å². The summed E-state index contributed by atoms with van der Waals surface area (Å²) in [5.41, 5.74) is -1.35. The van der Waals surface area contributed by atoms with Crippen molar-refractivity contribution in [2.75, 3.05) is 43.3 Å². The third-order valence-corrected chi connectivity index (χ3v) is 6.23. The SMILES string of the molecule is CNC(=O)Oc1cc(Oc2ccc(N3CN(CCCO)CN(c4ccc(Cl)c(C(F)(F)F)c4)C3=O)c(F)c2)ccn1. The van der Waals surface area contributed by atoms with E-state index in [-0.39, 0.29) is 55.2 Å². The van der Waals surface area contributed by atoms with Gasteiger partial charge in [-0.05, 0) is 42.8 Å². The summed E-state index contributed by atoms with van der Waals surface area (Å²) in [5, 5.41) is 11.0. The van der Waals surface area contributed by atoms with Crippen molar-refractivity contribution < 1.29 is 41.7 Å². The van der Waals surface area contributed by atoms with Crippen LogP contribution in [0.5, 0.6) is 17.4 Å². The molecule has 3 aromatic rings. The fourth-order valence-electron chi connectivity index (χ4n) is 3.98. The molecule has 2 N–H and O–H groups in total. The van der Waals surface area contributed by atoms with Crippen molar-refractivity contribution in [1.82, 2.24) is 15.2 Å². The van der Waals surface area contributed by atoms with E-state index in [1.807, 2.05) is 0 Å². The highest BCUT2D eigenvalue weighted by Crippen LogP contribution is 2.38. The fraction of sp³-hybridized carbons (Fsp3) is 0.269. The van der Waals surface area contributed by atoms with Gasteiger partial charge in [0.05, 0.1) is 29.6 Å². The summed E-state index contributed by atoms with van der Waals surface area (Å²) < 4.78 is 66.4. The summed E-state index contributed by atoms with van der Waals surface area (Å²) in [4.78, 5) is 32.6. The molecule has 1 aliphatic rings. The average molecular weight is 598 g/mol. The van der Waals surface area contributed by atoms with Crippen LogP contribution in [0.25, 0.3) is 0 Å². The number of carbonyl (C=O) groups excluding carboxylic acids is 2. The number of nitrogens with zero attached hydrogens (tertiary/aromatic N) is 4. The number of hydrogen-bond donors (Lipinski definition) is 2. The normalized spacial score (nSPS) is 14.3. The van der Waals surface area contributed by atoms with Gasteiger partial charge in [0.25, 0.3) is 0 Å². The molecular weight excluding hydrogens is 574 g/mol. The van der Waals surface area contributed by atoms with E-state index in [1.165, 1.54) is 43.6 Å². The van der Waals surface area contributed by atoms with E-state index in [9.17, 15) is 27.9 Å². The molecule has 3 amide bonds. The van der Waals surface area contributed by atoms with Gasteiger partial charge in [0.15, 0.2) is 5.82 Å². The number of carbonyl (C=O) groups is 2. The Hall–Kier alpha value is -4.14. The van der Waals surface area contributed by atoms with Crippen LogP contribution in [0.15, 0.2) is 54.7 Å². The Kier molecular flexibility index (Phi) is 9.15. The summed E-state index contributed by atoms with van der Waals surface area (Å²) in [6, 6.07) is 8.80. The second kappa shape index (κ2) is 12.6. The molecule has 41 heavy (non-hydrogen) atoms. The third-order valence-electron chi connectivity index (χ3n) is 5.90. The van der Waals surface area contributed by atoms with Gasteiger partial charge >= 0.3 is 18.3 Å². The number of alkyl halides is 3. The smallest absolute Gasteiger partial charge is 0.417 e. The molecule has 15 heteroatoms. The lowest BCUT2D eigenvalue weighted by Crippen LogP contribution is -2.59. The summed E-state index contributed by atoms with van der Waals surface area (Å²) in [6.45, 7) is -0.0625. The number of nitrogens with one attached hydrogen (secondary N) is 1. The first-order chi connectivity index (χ1) is 19.5. The minimum atomic E-state index is -4.76. The Morgan fingerprint density at radius 1 is 1.10 bits per heavy atom. The van der Waals surface area contributed by atoms with Crippen molar-refractivity contribution in [1.29, 1.82) is 0 Å². The first-order valence-corrected chi connectivity index (χ1v) is 12.5. The van der Waals surface area contributed by atoms with Crippen LogP contribution in [0.2, 0.25) is 5.02 Å². The van der Waals surface area contributed by atoms with Gasteiger partial charge in [0.2, 0.25) is 5.88 Å². The maximum atomic E-state index is 15.4. The van der Waals surface area contributed by atoms with Crippen LogP contribution in [0.1, 0.15) is 12.0 Å². The Labute approximate surface area is 236 Å². The Morgan fingerprint density at radius 2 is 1.83 bits per heavy atom. The predicted molar refractivity (Wildman–Crippen MR) is 141 cm³/mol. The highest BCUT2D eigenvalue weighted by atomic mass is 35.5. The number of halogens is 5. The molecule has 1 saturated heterocycles. The summed E-state index contributed by atoms with van der Waals surface area (Å²) in [7, 11) is 1.38. The zero-order valence-electron chi connectivity index (χ0n) is 21.5. The molecule has 2 heterocycles. The van der Waals surface area contributed by atoms with E-state index in [1.54, 1.807) is 4.90 Å². The average Bonchev–Trinajstić information content (AvgIpc) is 2.92. The zero-order chi connectivity index (χ0) is 29.7. The third kappa shape index (κ3) is 7.14. The van der Waals surface area contributed by atoms with Crippen LogP contribution in [-0.4, -0.2) is 60.7 Å². The molecule has 0 atom stereocenters. The molecule has 4 rings (SSSR count). The van der Waals surface area contributed by atoms with Gasteiger partial charge in [-0.25, -0.2) is 19.0 Å². The van der Waals surface area contributed by atoms with Gasteiger partial charge in [-0.15, -0.1) is 0 Å². The first kappa shape index (κ1) is 29.8. The van der Waals surface area contributed by atoms with Crippen molar-refractivity contribution >= 4 is 35.1 Å². The number of aliphatic hydroxyl groups excluding tert-OH is 1. The monoisotopic (exact) mass is 597 g/mol. The number of ether oxygens (including phenoxy) is 2. The number of aromatic nitrogens is 1. The molecule has 0 bridgehead atoms. The number of anilines is 2. The van der Waals surface area contributed by atoms with Gasteiger partial charge in [0, 0.05) is 44.2 Å². The van der Waals surface area contributed by atoms with Crippen LogP contribution in [0, 0.1) is 5.82 Å². The van der Waals surface area contributed by atoms with Crippen LogP contribution >= 0.6 is 11.6 Å². The number of amides is 3. The van der Waals surface area contributed by atoms with Gasteiger partial charge < -0.3 is 19.9 Å². The molecule has 10 nitrogen and oxygen atoms in total. The van der Waals surface area contributed by atoms with Gasteiger partial charge in [-0.3, -0.25) is 14.7 Å². The Bertz CT molecular complexity index is 1430. The number of aliphatic hydroxyl groups is 1. The van der Waals surface area contributed by atoms with Crippen molar-refractivity contribution in [2.45, 2.75) is 12.6 Å². The number of benzene rings is 2. The Morgan fingerprint density at radius 3 is 2.51 bits per heavy atom. The second-order valence-corrected chi connectivity index (χ2v) is 9.15. The highest BCUT2D eigenvalue weighted by molar-refractivity contribution is 6.31. The van der Waals surface area contributed by atoms with Crippen LogP contribution in [0.4, 0.5) is 38.5 Å². The Balaban J connectivity index is 1.61. The van der Waals surface area contributed by atoms with Gasteiger partial charge in [0.1, 0.15) is 11.5 Å². The van der Waals surface area contributed by atoms with E-state index < -0.39 is 34.7 Å². The number of rotatable bonds is 8. The lowest BCUT2D eigenvalue weighted by Gasteiger charge is -2.42. The highest BCUT2D eigenvalue weighted by Gasteiger charge is 2.37.